The molecule has 0 aliphatic carbocycles. The monoisotopic (exact) mass is 259 g/mol. The SMILES string of the molecule is CC(C)=O.CC(C)C#N.CN(C)C(=S)N(C)C. The molecule has 17 heavy (non-hydrogen) atoms. The quantitative estimate of drug-likeness (QED) is 0.624. The topological polar surface area (TPSA) is 47.3 Å². The minimum atomic E-state index is 0.167. The van der Waals surface area contributed by atoms with E-state index in [1.54, 1.807) is 0 Å². The molecular formula is C12H25N3OS. The summed E-state index contributed by atoms with van der Waals surface area (Å²) in [6.07, 6.45) is 0. The van der Waals surface area contributed by atoms with E-state index in [-0.39, 0.29) is 11.7 Å². The Kier molecular flexibility index (Phi) is 16.1. The van der Waals surface area contributed by atoms with E-state index >= 15 is 0 Å². The highest BCUT2D eigenvalue weighted by Gasteiger charge is 1.97. The molecule has 0 bridgehead atoms. The van der Waals surface area contributed by atoms with Crippen LogP contribution in [0.15, 0.2) is 0 Å². The van der Waals surface area contributed by atoms with Crippen molar-refractivity contribution < 1.29 is 4.79 Å². The number of hydrogen-bond acceptors (Lipinski definition) is 3. The second-order valence-electron chi connectivity index (χ2n) is 4.26. The van der Waals surface area contributed by atoms with Crippen LogP contribution >= 0.6 is 12.2 Å². The highest BCUT2D eigenvalue weighted by atomic mass is 32.1. The van der Waals surface area contributed by atoms with Crippen LogP contribution in [-0.2, 0) is 4.79 Å². The molecule has 0 saturated carbocycles. The summed E-state index contributed by atoms with van der Waals surface area (Å²) < 4.78 is 0. The van der Waals surface area contributed by atoms with Gasteiger partial charge in [-0.3, -0.25) is 0 Å². The number of rotatable bonds is 0. The molecule has 5 heteroatoms. The number of nitrogens with zero attached hydrogens (tertiary/aromatic N) is 3. The Labute approximate surface area is 111 Å². The molecule has 0 aromatic heterocycles. The first-order valence-corrected chi connectivity index (χ1v) is 5.72. The van der Waals surface area contributed by atoms with E-state index in [2.05, 4.69) is 0 Å². The second kappa shape index (κ2) is 12.9. The summed E-state index contributed by atoms with van der Waals surface area (Å²) in [6.45, 7) is 6.78. The molecular weight excluding hydrogens is 234 g/mol. The summed E-state index contributed by atoms with van der Waals surface area (Å²) in [5.41, 5.74) is 0. The largest absolute Gasteiger partial charge is 0.355 e. The zero-order valence-electron chi connectivity index (χ0n) is 12.2. The van der Waals surface area contributed by atoms with Crippen LogP contribution in [0.3, 0.4) is 0 Å². The molecule has 0 rings (SSSR count). The van der Waals surface area contributed by atoms with Crippen molar-refractivity contribution in [1.82, 2.24) is 9.80 Å². The standard InChI is InChI=1S/C5H12N2S.C4H7N.C3H6O/c1-6(2)5(8)7(3)4;1-4(2)3-5;1-3(2)4/h1-4H3;4H,1-2H3;1-2H3. The molecule has 0 heterocycles. The maximum Gasteiger partial charge on any atom is 0.170 e. The predicted molar refractivity (Wildman–Crippen MR) is 76.8 cm³/mol. The first kappa shape index (κ1) is 21.2. The second-order valence-corrected chi connectivity index (χ2v) is 4.63. The van der Waals surface area contributed by atoms with Gasteiger partial charge in [0, 0.05) is 34.1 Å². The van der Waals surface area contributed by atoms with Gasteiger partial charge < -0.3 is 14.6 Å². The first-order valence-electron chi connectivity index (χ1n) is 5.31. The number of thiocarbonyl (C=S) groups is 1. The van der Waals surface area contributed by atoms with Crippen LogP contribution in [0.4, 0.5) is 0 Å². The Hall–Kier alpha value is -1.15. The molecule has 100 valence electrons. The molecule has 0 unspecified atom stereocenters. The summed E-state index contributed by atoms with van der Waals surface area (Å²) in [6, 6.07) is 2.03. The average Bonchev–Trinajstić information content (AvgIpc) is 2.16. The van der Waals surface area contributed by atoms with Crippen molar-refractivity contribution >= 4 is 23.1 Å². The fourth-order valence-corrected chi connectivity index (χ4v) is 0.400. The Bertz CT molecular complexity index is 241. The van der Waals surface area contributed by atoms with Gasteiger partial charge in [-0.1, -0.05) is 0 Å². The maximum atomic E-state index is 9.44. The summed E-state index contributed by atoms with van der Waals surface area (Å²) in [4.78, 5) is 13.2. The van der Waals surface area contributed by atoms with Crippen molar-refractivity contribution in [2.75, 3.05) is 28.2 Å². The molecule has 0 aromatic rings. The molecule has 0 aliphatic rings. The lowest BCUT2D eigenvalue weighted by Crippen LogP contribution is -2.32. The van der Waals surface area contributed by atoms with Gasteiger partial charge in [0.15, 0.2) is 5.11 Å². The van der Waals surface area contributed by atoms with E-state index in [1.165, 1.54) is 13.8 Å². The van der Waals surface area contributed by atoms with Gasteiger partial charge in [0.05, 0.1) is 6.07 Å². The van der Waals surface area contributed by atoms with Gasteiger partial charge in [0.2, 0.25) is 0 Å². The smallest absolute Gasteiger partial charge is 0.170 e. The summed E-state index contributed by atoms with van der Waals surface area (Å²) in [5, 5.41) is 8.75. The lowest BCUT2D eigenvalue weighted by atomic mass is 10.3. The summed E-state index contributed by atoms with van der Waals surface area (Å²) in [5.74, 6) is 0.356. The van der Waals surface area contributed by atoms with Crippen molar-refractivity contribution in [1.29, 1.82) is 5.26 Å². The van der Waals surface area contributed by atoms with Gasteiger partial charge in [-0.2, -0.15) is 5.26 Å². The normalized spacial score (nSPS) is 7.76. The van der Waals surface area contributed by atoms with E-state index in [9.17, 15) is 4.79 Å². The maximum absolute atomic E-state index is 9.44. The molecule has 0 radical (unpaired) electrons. The molecule has 0 amide bonds. The van der Waals surface area contributed by atoms with Crippen molar-refractivity contribution in [2.45, 2.75) is 27.7 Å². The fraction of sp³-hybridized carbons (Fsp3) is 0.750. The Morgan fingerprint density at radius 2 is 1.29 bits per heavy atom. The van der Waals surface area contributed by atoms with Crippen molar-refractivity contribution in [3.05, 3.63) is 0 Å². The first-order chi connectivity index (χ1) is 7.56. The van der Waals surface area contributed by atoms with Crippen LogP contribution < -0.4 is 0 Å². The number of hydrogen-bond donors (Lipinski definition) is 0. The van der Waals surface area contributed by atoms with Crippen LogP contribution in [-0.4, -0.2) is 48.9 Å². The Morgan fingerprint density at radius 3 is 1.29 bits per heavy atom. The van der Waals surface area contributed by atoms with Crippen LogP contribution in [0.5, 0.6) is 0 Å². The van der Waals surface area contributed by atoms with Crippen LogP contribution in [0, 0.1) is 17.2 Å². The minimum absolute atomic E-state index is 0.167. The van der Waals surface area contributed by atoms with E-state index in [1.807, 2.05) is 57.9 Å². The van der Waals surface area contributed by atoms with Crippen molar-refractivity contribution in [3.63, 3.8) is 0 Å². The molecule has 0 aliphatic heterocycles. The van der Waals surface area contributed by atoms with Crippen molar-refractivity contribution in [2.24, 2.45) is 5.92 Å². The summed E-state index contributed by atoms with van der Waals surface area (Å²) in [7, 11) is 7.73. The van der Waals surface area contributed by atoms with Gasteiger partial charge in [-0.15, -0.1) is 0 Å². The van der Waals surface area contributed by atoms with E-state index in [4.69, 9.17) is 17.5 Å². The van der Waals surface area contributed by atoms with Crippen LogP contribution in [0.2, 0.25) is 0 Å². The number of Topliss-reactive ketones (excluding diaryl/α,β-unsaturated/α-hetero) is 1. The lowest BCUT2D eigenvalue weighted by Gasteiger charge is -2.20. The average molecular weight is 259 g/mol. The van der Waals surface area contributed by atoms with Gasteiger partial charge in [0.25, 0.3) is 0 Å². The molecule has 0 fully saturated rings. The van der Waals surface area contributed by atoms with Crippen LogP contribution in [0.25, 0.3) is 0 Å². The van der Waals surface area contributed by atoms with Gasteiger partial charge >= 0.3 is 0 Å². The summed E-state index contributed by atoms with van der Waals surface area (Å²) >= 11 is 4.95. The molecule has 4 nitrogen and oxygen atoms in total. The van der Waals surface area contributed by atoms with Gasteiger partial charge in [-0.05, 0) is 39.9 Å². The lowest BCUT2D eigenvalue weighted by molar-refractivity contribution is -0.114. The molecule has 0 saturated heterocycles. The molecule has 0 aromatic carbocycles. The van der Waals surface area contributed by atoms with E-state index in [0.29, 0.717) is 0 Å². The highest BCUT2D eigenvalue weighted by Crippen LogP contribution is 1.84. The molecule has 0 N–H and O–H groups in total. The van der Waals surface area contributed by atoms with Gasteiger partial charge in [-0.25, -0.2) is 0 Å². The minimum Gasteiger partial charge on any atom is -0.355 e. The third-order valence-electron chi connectivity index (χ3n) is 1.02. The van der Waals surface area contributed by atoms with Gasteiger partial charge in [0.1, 0.15) is 5.78 Å². The number of nitriles is 1. The van der Waals surface area contributed by atoms with E-state index in [0.717, 1.165) is 5.11 Å². The highest BCUT2D eigenvalue weighted by molar-refractivity contribution is 7.80. The fourth-order valence-electron chi connectivity index (χ4n) is 0.400. The molecule has 0 spiro atoms. The zero-order valence-corrected chi connectivity index (χ0v) is 13.1. The number of carbonyl (C=O) groups is 1. The van der Waals surface area contributed by atoms with Crippen molar-refractivity contribution in [3.8, 4) is 6.07 Å². The van der Waals surface area contributed by atoms with Crippen LogP contribution in [0.1, 0.15) is 27.7 Å². The number of carbonyl (C=O) groups excluding carboxylic acids is 1. The van der Waals surface area contributed by atoms with E-state index < -0.39 is 0 Å². The number of ketones is 1. The predicted octanol–water partition coefficient (Wildman–Crippen LogP) is 2.16. The molecule has 0 atom stereocenters. The Balaban J connectivity index is -0.000000188. The zero-order chi connectivity index (χ0) is 14.6. The third-order valence-corrected chi connectivity index (χ3v) is 1.75. The third kappa shape index (κ3) is 31.3. The Morgan fingerprint density at radius 1 is 1.12 bits per heavy atom.